The van der Waals surface area contributed by atoms with Crippen LogP contribution in [0.1, 0.15) is 17.9 Å². The van der Waals surface area contributed by atoms with Crippen LogP contribution in [0.4, 0.5) is 17.3 Å². The van der Waals surface area contributed by atoms with Crippen molar-refractivity contribution in [2.75, 3.05) is 76.4 Å². The summed E-state index contributed by atoms with van der Waals surface area (Å²) in [6, 6.07) is 5.26. The van der Waals surface area contributed by atoms with Crippen LogP contribution in [0.15, 0.2) is 29.5 Å². The third-order valence-corrected chi connectivity index (χ3v) is 7.08. The number of aromatic nitrogens is 2. The van der Waals surface area contributed by atoms with Crippen molar-refractivity contribution in [1.29, 1.82) is 0 Å². The first-order valence-corrected chi connectivity index (χ1v) is 12.8. The quantitative estimate of drug-likeness (QED) is 0.644. The Hall–Kier alpha value is -3.28. The Morgan fingerprint density at radius 3 is 2.76 bits per heavy atom. The van der Waals surface area contributed by atoms with Gasteiger partial charge in [-0.05, 0) is 18.6 Å². The van der Waals surface area contributed by atoms with Crippen molar-refractivity contribution < 1.29 is 19.1 Å². The highest BCUT2D eigenvalue weighted by molar-refractivity contribution is 6.32. The first kappa shape index (κ1) is 25.4. The van der Waals surface area contributed by atoms with E-state index in [9.17, 15) is 9.59 Å². The zero-order valence-electron chi connectivity index (χ0n) is 20.7. The van der Waals surface area contributed by atoms with Gasteiger partial charge in [-0.1, -0.05) is 11.6 Å². The van der Waals surface area contributed by atoms with Crippen molar-refractivity contribution in [3.63, 3.8) is 0 Å². The minimum Gasteiger partial charge on any atom is -0.492 e. The summed E-state index contributed by atoms with van der Waals surface area (Å²) in [5, 5.41) is 3.32. The maximum absolute atomic E-state index is 13.1. The van der Waals surface area contributed by atoms with E-state index in [1.807, 2.05) is 4.90 Å². The standard InChI is InChI=1S/C25H30ClN7O4/c1-36-12-10-31-5-2-11-37-20-13-17(3-4-19(20)26)27-14-18-22-23(30-25(18)35)28-16-29-24(22)33-8-6-32(7-9-33)21(34)15-31/h3-4,13-14,16,18H,2,5-12,15H2,1H3,(H,28,29,30,35). The Morgan fingerprint density at radius 1 is 1.14 bits per heavy atom. The molecule has 12 heteroatoms. The maximum atomic E-state index is 13.1. The van der Waals surface area contributed by atoms with Crippen LogP contribution < -0.4 is 15.0 Å². The van der Waals surface area contributed by atoms with Crippen molar-refractivity contribution in [1.82, 2.24) is 19.8 Å². The molecule has 1 saturated heterocycles. The third kappa shape index (κ3) is 5.68. The number of fused-ring (bicyclic) bond motifs is 8. The van der Waals surface area contributed by atoms with Crippen LogP contribution in [0.25, 0.3) is 0 Å². The molecule has 2 aromatic rings. The van der Waals surface area contributed by atoms with Gasteiger partial charge >= 0.3 is 0 Å². The van der Waals surface area contributed by atoms with Crippen molar-refractivity contribution in [3.05, 3.63) is 35.1 Å². The maximum Gasteiger partial charge on any atom is 0.238 e. The van der Waals surface area contributed by atoms with E-state index in [0.717, 1.165) is 0 Å². The first-order chi connectivity index (χ1) is 18.0. The second kappa shape index (κ2) is 11.4. The number of hydrogen-bond acceptors (Lipinski definition) is 9. The summed E-state index contributed by atoms with van der Waals surface area (Å²) in [6.07, 6.45) is 3.79. The molecule has 4 aliphatic rings. The lowest BCUT2D eigenvalue weighted by Gasteiger charge is -2.37. The van der Waals surface area contributed by atoms with E-state index in [1.54, 1.807) is 31.5 Å². The van der Waals surface area contributed by atoms with Crippen LogP contribution in [0.2, 0.25) is 5.02 Å². The smallest absolute Gasteiger partial charge is 0.238 e. The van der Waals surface area contributed by atoms with E-state index in [2.05, 4.69) is 30.1 Å². The lowest BCUT2D eigenvalue weighted by Crippen LogP contribution is -2.52. The molecule has 1 unspecified atom stereocenters. The fourth-order valence-corrected chi connectivity index (χ4v) is 4.93. The molecule has 1 N–H and O–H groups in total. The SMILES string of the molecule is COCCN1CCCOc2cc(ccc2Cl)N=CC2C(=O)Nc3ncnc(c32)N2CCN(CC2)C(=O)C1. The van der Waals surface area contributed by atoms with Crippen LogP contribution in [-0.2, 0) is 14.3 Å². The third-order valence-electron chi connectivity index (χ3n) is 6.76. The number of anilines is 2. The number of aliphatic imine (C=N–C) groups is 1. The van der Waals surface area contributed by atoms with Gasteiger partial charge in [0.25, 0.3) is 0 Å². The molecule has 0 saturated carbocycles. The van der Waals surface area contributed by atoms with Gasteiger partial charge < -0.3 is 24.6 Å². The van der Waals surface area contributed by atoms with Gasteiger partial charge in [-0.25, -0.2) is 9.97 Å². The van der Waals surface area contributed by atoms with Gasteiger partial charge in [-0.3, -0.25) is 19.5 Å². The Bertz CT molecular complexity index is 1190. The molecule has 2 amide bonds. The number of methoxy groups -OCH3 is 1. The number of rotatable bonds is 3. The summed E-state index contributed by atoms with van der Waals surface area (Å²) in [5.74, 6) is 0.935. The molecule has 11 nitrogen and oxygen atoms in total. The summed E-state index contributed by atoms with van der Waals surface area (Å²) in [6.45, 7) is 5.00. The van der Waals surface area contributed by atoms with Crippen molar-refractivity contribution in [3.8, 4) is 5.75 Å². The Balaban J connectivity index is 1.46. The summed E-state index contributed by atoms with van der Waals surface area (Å²) in [5.41, 5.74) is 1.32. The molecule has 1 atom stereocenters. The molecular formula is C25H30ClN7O4. The number of nitrogens with zero attached hydrogens (tertiary/aromatic N) is 6. The minimum atomic E-state index is -0.637. The average Bonchev–Trinajstić information content (AvgIpc) is 3.24. The number of ether oxygens (including phenoxy) is 2. The Morgan fingerprint density at radius 2 is 1.95 bits per heavy atom. The number of carbonyl (C=O) groups is 2. The van der Waals surface area contributed by atoms with Gasteiger partial charge in [0, 0.05) is 58.7 Å². The lowest BCUT2D eigenvalue weighted by molar-refractivity contribution is -0.132. The molecule has 6 rings (SSSR count). The van der Waals surface area contributed by atoms with Crippen LogP contribution in [0, 0.1) is 0 Å². The van der Waals surface area contributed by atoms with E-state index in [1.165, 1.54) is 6.33 Å². The molecule has 1 fully saturated rings. The number of piperazine rings is 1. The Kier molecular flexibility index (Phi) is 7.82. The van der Waals surface area contributed by atoms with Gasteiger partial charge in [0.15, 0.2) is 0 Å². The minimum absolute atomic E-state index is 0.0834. The number of benzene rings is 1. The summed E-state index contributed by atoms with van der Waals surface area (Å²) in [7, 11) is 1.66. The number of halogens is 1. The molecular weight excluding hydrogens is 498 g/mol. The largest absolute Gasteiger partial charge is 0.492 e. The fourth-order valence-electron chi connectivity index (χ4n) is 4.76. The van der Waals surface area contributed by atoms with Crippen molar-refractivity contribution in [2.24, 2.45) is 4.99 Å². The summed E-state index contributed by atoms with van der Waals surface area (Å²) >= 11 is 6.36. The number of amides is 2. The predicted octanol–water partition coefficient (Wildman–Crippen LogP) is 1.95. The highest BCUT2D eigenvalue weighted by Crippen LogP contribution is 2.37. The number of nitrogens with one attached hydrogen (secondary N) is 1. The second-order valence-corrected chi connectivity index (χ2v) is 9.57. The predicted molar refractivity (Wildman–Crippen MR) is 140 cm³/mol. The van der Waals surface area contributed by atoms with Gasteiger partial charge in [0.05, 0.1) is 36.0 Å². The van der Waals surface area contributed by atoms with E-state index in [-0.39, 0.29) is 11.8 Å². The highest BCUT2D eigenvalue weighted by atomic mass is 35.5. The average molecular weight is 528 g/mol. The fraction of sp³-hybridized carbons (Fsp3) is 0.480. The first-order valence-electron chi connectivity index (χ1n) is 12.4. The van der Waals surface area contributed by atoms with E-state index in [4.69, 9.17) is 21.1 Å². The van der Waals surface area contributed by atoms with Crippen molar-refractivity contribution >= 4 is 47.0 Å². The van der Waals surface area contributed by atoms with E-state index in [0.29, 0.717) is 99.1 Å². The molecule has 1 aromatic carbocycles. The highest BCUT2D eigenvalue weighted by Gasteiger charge is 2.36. The number of carbonyl (C=O) groups excluding carboxylic acids is 2. The van der Waals surface area contributed by atoms with E-state index >= 15 is 0 Å². The van der Waals surface area contributed by atoms with Crippen LogP contribution in [0.5, 0.6) is 5.75 Å². The van der Waals surface area contributed by atoms with Crippen LogP contribution in [0.3, 0.4) is 0 Å². The molecule has 37 heavy (non-hydrogen) atoms. The van der Waals surface area contributed by atoms with Gasteiger partial charge in [-0.15, -0.1) is 0 Å². The van der Waals surface area contributed by atoms with Gasteiger partial charge in [0.1, 0.15) is 29.6 Å². The zero-order chi connectivity index (χ0) is 25.8. The van der Waals surface area contributed by atoms with Gasteiger partial charge in [-0.2, -0.15) is 0 Å². The molecule has 196 valence electrons. The molecule has 4 bridgehead atoms. The zero-order valence-corrected chi connectivity index (χ0v) is 21.5. The molecule has 0 radical (unpaired) electrons. The second-order valence-electron chi connectivity index (χ2n) is 9.16. The van der Waals surface area contributed by atoms with E-state index < -0.39 is 5.92 Å². The molecule has 5 heterocycles. The monoisotopic (exact) mass is 527 g/mol. The summed E-state index contributed by atoms with van der Waals surface area (Å²) < 4.78 is 11.2. The van der Waals surface area contributed by atoms with Crippen LogP contribution >= 0.6 is 11.6 Å². The number of hydrogen-bond donors (Lipinski definition) is 1. The molecule has 1 aromatic heterocycles. The van der Waals surface area contributed by atoms with Crippen LogP contribution in [-0.4, -0.2) is 104 Å². The van der Waals surface area contributed by atoms with Crippen molar-refractivity contribution in [2.45, 2.75) is 12.3 Å². The molecule has 0 spiro atoms. The topological polar surface area (TPSA) is 112 Å². The lowest BCUT2D eigenvalue weighted by atomic mass is 10.0. The molecule has 4 aliphatic heterocycles. The Labute approximate surface area is 220 Å². The van der Waals surface area contributed by atoms with Gasteiger partial charge in [0.2, 0.25) is 11.8 Å². The summed E-state index contributed by atoms with van der Waals surface area (Å²) in [4.78, 5) is 45.4. The normalized spacial score (nSPS) is 20.6. The molecule has 0 aliphatic carbocycles.